The number of halogens is 3. The molecule has 0 aliphatic carbocycles. The number of amides is 1. The molecule has 1 N–H and O–H groups in total. The van der Waals surface area contributed by atoms with Gasteiger partial charge in [0.1, 0.15) is 0 Å². The summed E-state index contributed by atoms with van der Waals surface area (Å²) >= 11 is -0.267. The zero-order valence-corrected chi connectivity index (χ0v) is 11.9. The summed E-state index contributed by atoms with van der Waals surface area (Å²) in [7, 11) is 0. The molecule has 3 rings (SSSR count). The first kappa shape index (κ1) is 13.8. The van der Waals surface area contributed by atoms with Gasteiger partial charge in [0.15, 0.2) is 0 Å². The van der Waals surface area contributed by atoms with E-state index in [1.54, 1.807) is 18.2 Å². The van der Waals surface area contributed by atoms with Crippen molar-refractivity contribution in [2.75, 3.05) is 5.32 Å². The second kappa shape index (κ2) is 5.31. The van der Waals surface area contributed by atoms with Crippen molar-refractivity contribution in [1.82, 2.24) is 7.96 Å². The Bertz CT molecular complexity index is 827. The zero-order valence-electron chi connectivity index (χ0n) is 10.2. The number of hydrogen-bond acceptors (Lipinski definition) is 3. The number of rotatable bonds is 2. The molecule has 0 bridgehead atoms. The van der Waals surface area contributed by atoms with Gasteiger partial charge >= 0.3 is 122 Å². The van der Waals surface area contributed by atoms with Gasteiger partial charge in [-0.25, -0.2) is 0 Å². The van der Waals surface area contributed by atoms with E-state index >= 15 is 0 Å². The molecule has 0 saturated carbocycles. The molecule has 1 aromatic heterocycles. The second-order valence-electron chi connectivity index (χ2n) is 4.15. The van der Waals surface area contributed by atoms with E-state index < -0.39 is 23.4 Å². The van der Waals surface area contributed by atoms with E-state index in [0.29, 0.717) is 28.9 Å². The number of anilines is 1. The number of carbonyl (C=O) groups excluding carboxylic acids is 1. The van der Waals surface area contributed by atoms with Gasteiger partial charge in [-0.1, -0.05) is 0 Å². The Balaban J connectivity index is 1.95. The fourth-order valence-electron chi connectivity index (χ4n) is 1.79. The van der Waals surface area contributed by atoms with Gasteiger partial charge in [0.05, 0.1) is 0 Å². The van der Waals surface area contributed by atoms with E-state index in [2.05, 4.69) is 13.3 Å². The van der Waals surface area contributed by atoms with Crippen LogP contribution in [0.1, 0.15) is 10.4 Å². The summed E-state index contributed by atoms with van der Waals surface area (Å²) in [6.07, 6.45) is 0. The van der Waals surface area contributed by atoms with Crippen LogP contribution in [0.5, 0.6) is 0 Å². The van der Waals surface area contributed by atoms with E-state index in [1.165, 1.54) is 0 Å². The van der Waals surface area contributed by atoms with Gasteiger partial charge < -0.3 is 0 Å². The summed E-state index contributed by atoms with van der Waals surface area (Å²) in [5, 5.41) is 2.49. The summed E-state index contributed by atoms with van der Waals surface area (Å²) in [4.78, 5) is 12.0. The predicted molar refractivity (Wildman–Crippen MR) is 70.7 cm³/mol. The van der Waals surface area contributed by atoms with Crippen LogP contribution in [-0.4, -0.2) is 28.8 Å². The monoisotopic (exact) mass is 357 g/mol. The summed E-state index contributed by atoms with van der Waals surface area (Å²) < 4.78 is 47.5. The van der Waals surface area contributed by atoms with E-state index in [9.17, 15) is 18.0 Å². The van der Waals surface area contributed by atoms with E-state index in [4.69, 9.17) is 0 Å². The van der Waals surface area contributed by atoms with Crippen LogP contribution in [0.3, 0.4) is 0 Å². The SMILES string of the molecule is O=C(Nc1cccc2n[se]nc12)c1cc(F)c(F)c(F)c1. The van der Waals surface area contributed by atoms with Gasteiger partial charge in [-0.15, -0.1) is 0 Å². The molecule has 8 heteroatoms. The molecule has 0 saturated heterocycles. The normalized spacial score (nSPS) is 10.8. The third-order valence-electron chi connectivity index (χ3n) is 2.78. The summed E-state index contributed by atoms with van der Waals surface area (Å²) in [6.45, 7) is 0. The molecule has 1 heterocycles. The van der Waals surface area contributed by atoms with Gasteiger partial charge in [0.2, 0.25) is 0 Å². The minimum atomic E-state index is -1.61. The molecule has 0 spiro atoms. The minimum absolute atomic E-state index is 0.267. The van der Waals surface area contributed by atoms with Crippen molar-refractivity contribution in [3.8, 4) is 0 Å². The van der Waals surface area contributed by atoms with Crippen LogP contribution in [0.25, 0.3) is 11.0 Å². The molecular weight excluding hydrogens is 350 g/mol. The molecule has 0 radical (unpaired) electrons. The van der Waals surface area contributed by atoms with Crippen molar-refractivity contribution >= 4 is 37.6 Å². The maximum absolute atomic E-state index is 13.1. The first-order chi connectivity index (χ1) is 10.1. The fraction of sp³-hybridized carbons (Fsp3) is 0. The predicted octanol–water partition coefficient (Wildman–Crippen LogP) is 2.36. The van der Waals surface area contributed by atoms with Crippen LogP contribution in [0.2, 0.25) is 0 Å². The number of hydrogen-bond donors (Lipinski definition) is 1. The molecule has 0 fully saturated rings. The van der Waals surface area contributed by atoms with Crippen molar-refractivity contribution in [1.29, 1.82) is 0 Å². The van der Waals surface area contributed by atoms with Crippen LogP contribution < -0.4 is 5.32 Å². The Kier molecular flexibility index (Phi) is 3.48. The van der Waals surface area contributed by atoms with Crippen LogP contribution >= 0.6 is 0 Å². The molecule has 106 valence electrons. The van der Waals surface area contributed by atoms with Crippen LogP contribution in [-0.2, 0) is 0 Å². The van der Waals surface area contributed by atoms with Gasteiger partial charge in [-0.3, -0.25) is 0 Å². The van der Waals surface area contributed by atoms with E-state index in [0.717, 1.165) is 0 Å². The first-order valence-corrected chi connectivity index (χ1v) is 7.26. The Labute approximate surface area is 122 Å². The molecule has 1 amide bonds. The Morgan fingerprint density at radius 1 is 1.10 bits per heavy atom. The standard InChI is InChI=1S/C13H6F3N3OSe/c14-7-4-6(5-8(15)11(7)16)13(20)17-9-2-1-3-10-12(9)19-21-18-10/h1-5H,(H,17,20). The fourth-order valence-corrected chi connectivity index (χ4v) is 2.94. The van der Waals surface area contributed by atoms with E-state index in [1.807, 2.05) is 0 Å². The average Bonchev–Trinajstić information content (AvgIpc) is 2.93. The second-order valence-corrected chi connectivity index (χ2v) is 5.25. The van der Waals surface area contributed by atoms with Gasteiger partial charge in [0, 0.05) is 0 Å². The van der Waals surface area contributed by atoms with Crippen molar-refractivity contribution in [2.45, 2.75) is 0 Å². The van der Waals surface area contributed by atoms with E-state index in [-0.39, 0.29) is 20.5 Å². The third-order valence-corrected chi connectivity index (χ3v) is 3.92. The Hall–Kier alpha value is -2.18. The van der Waals surface area contributed by atoms with Crippen molar-refractivity contribution in [3.05, 3.63) is 53.3 Å². The summed E-state index contributed by atoms with van der Waals surface area (Å²) in [6, 6.07) is 6.32. The summed E-state index contributed by atoms with van der Waals surface area (Å²) in [5.41, 5.74) is 1.27. The average molecular weight is 356 g/mol. The maximum atomic E-state index is 13.1. The quantitative estimate of drug-likeness (QED) is 0.567. The number of carbonyl (C=O) groups is 1. The number of fused-ring (bicyclic) bond motifs is 1. The molecule has 3 aromatic rings. The van der Waals surface area contributed by atoms with Gasteiger partial charge in [0.25, 0.3) is 0 Å². The molecule has 0 unspecified atom stereocenters. The zero-order chi connectivity index (χ0) is 15.0. The molecule has 4 nitrogen and oxygen atoms in total. The van der Waals surface area contributed by atoms with Crippen LogP contribution in [0.4, 0.5) is 18.9 Å². The molecule has 0 aliphatic rings. The Morgan fingerprint density at radius 3 is 2.52 bits per heavy atom. The molecular formula is C13H6F3N3OSe. The Morgan fingerprint density at radius 2 is 1.81 bits per heavy atom. The van der Waals surface area contributed by atoms with Gasteiger partial charge in [-0.05, 0) is 0 Å². The molecule has 21 heavy (non-hydrogen) atoms. The molecule has 0 aliphatic heterocycles. The number of benzene rings is 2. The van der Waals surface area contributed by atoms with Crippen molar-refractivity contribution in [3.63, 3.8) is 0 Å². The van der Waals surface area contributed by atoms with Crippen molar-refractivity contribution in [2.24, 2.45) is 0 Å². The molecule has 2 aromatic carbocycles. The first-order valence-electron chi connectivity index (χ1n) is 5.73. The summed E-state index contributed by atoms with van der Waals surface area (Å²) in [5.74, 6) is -5.19. The van der Waals surface area contributed by atoms with Crippen LogP contribution in [0, 0.1) is 17.5 Å². The number of aromatic nitrogens is 2. The van der Waals surface area contributed by atoms with Crippen LogP contribution in [0.15, 0.2) is 30.3 Å². The van der Waals surface area contributed by atoms with Crippen molar-refractivity contribution < 1.29 is 18.0 Å². The third kappa shape index (κ3) is 2.55. The topological polar surface area (TPSA) is 54.9 Å². The molecule has 0 atom stereocenters. The number of nitrogens with one attached hydrogen (secondary N) is 1. The number of nitrogens with zero attached hydrogens (tertiary/aromatic N) is 2. The van der Waals surface area contributed by atoms with Gasteiger partial charge in [-0.2, -0.15) is 0 Å².